The van der Waals surface area contributed by atoms with Crippen molar-refractivity contribution < 1.29 is 9.90 Å². The van der Waals surface area contributed by atoms with Crippen LogP contribution in [0.4, 0.5) is 5.69 Å². The van der Waals surface area contributed by atoms with Gasteiger partial charge < -0.3 is 10.8 Å². The van der Waals surface area contributed by atoms with Crippen LogP contribution in [0.5, 0.6) is 0 Å². The Hall–Kier alpha value is -1.65. The molecule has 3 nitrogen and oxygen atoms in total. The second-order valence-corrected chi connectivity index (χ2v) is 5.17. The van der Waals surface area contributed by atoms with Gasteiger partial charge in [-0.3, -0.25) is 0 Å². The summed E-state index contributed by atoms with van der Waals surface area (Å²) in [6, 6.07) is 11.9. The molecule has 0 aliphatic rings. The average Bonchev–Trinajstić information content (AvgIpc) is 2.34. The lowest BCUT2D eigenvalue weighted by Crippen LogP contribution is -1.98. The number of halogens is 1. The molecule has 5 heteroatoms. The van der Waals surface area contributed by atoms with E-state index in [4.69, 9.17) is 22.4 Å². The van der Waals surface area contributed by atoms with Crippen LogP contribution in [-0.2, 0) is 0 Å². The van der Waals surface area contributed by atoms with Gasteiger partial charge in [0.25, 0.3) is 0 Å². The Morgan fingerprint density at radius 2 is 1.83 bits per heavy atom. The minimum absolute atomic E-state index is 0.223. The van der Waals surface area contributed by atoms with Crippen LogP contribution >= 0.6 is 23.4 Å². The summed E-state index contributed by atoms with van der Waals surface area (Å²) in [5.74, 6) is -0.965. The Bertz CT molecular complexity index is 584. The van der Waals surface area contributed by atoms with E-state index in [1.807, 2.05) is 12.1 Å². The van der Waals surface area contributed by atoms with Crippen molar-refractivity contribution in [3.8, 4) is 0 Å². The first-order valence-corrected chi connectivity index (χ1v) is 6.32. The van der Waals surface area contributed by atoms with Gasteiger partial charge in [-0.1, -0.05) is 23.4 Å². The molecule has 0 aliphatic carbocycles. The first-order valence-electron chi connectivity index (χ1n) is 5.12. The van der Waals surface area contributed by atoms with Crippen molar-refractivity contribution in [2.24, 2.45) is 0 Å². The standard InChI is InChI=1S/C13H10ClNO2S/c14-9-2-4-10(5-3-9)18-12-7-8(13(16)17)1-6-11(12)15/h1-7H,15H2,(H,16,17). The number of nitrogen functional groups attached to an aromatic ring is 1. The fourth-order valence-electron chi connectivity index (χ4n) is 1.39. The highest BCUT2D eigenvalue weighted by Crippen LogP contribution is 2.33. The topological polar surface area (TPSA) is 63.3 Å². The molecule has 0 unspecified atom stereocenters. The zero-order chi connectivity index (χ0) is 13.1. The Morgan fingerprint density at radius 3 is 2.44 bits per heavy atom. The maximum Gasteiger partial charge on any atom is 0.335 e. The number of anilines is 1. The Labute approximate surface area is 114 Å². The maximum atomic E-state index is 10.9. The predicted octanol–water partition coefficient (Wildman–Crippen LogP) is 3.77. The number of carboxylic acids is 1. The number of hydrogen-bond acceptors (Lipinski definition) is 3. The van der Waals surface area contributed by atoms with Crippen LogP contribution in [-0.4, -0.2) is 11.1 Å². The molecule has 92 valence electrons. The number of carbonyl (C=O) groups is 1. The lowest BCUT2D eigenvalue weighted by atomic mass is 10.2. The molecule has 0 saturated heterocycles. The summed E-state index contributed by atoms with van der Waals surface area (Å²) in [6.45, 7) is 0. The molecule has 2 aromatic rings. The second kappa shape index (κ2) is 5.33. The fraction of sp³-hybridized carbons (Fsp3) is 0. The van der Waals surface area contributed by atoms with Crippen LogP contribution in [0.3, 0.4) is 0 Å². The molecule has 0 bridgehead atoms. The van der Waals surface area contributed by atoms with Gasteiger partial charge in [0, 0.05) is 20.5 Å². The van der Waals surface area contributed by atoms with Crippen molar-refractivity contribution in [2.75, 3.05) is 5.73 Å². The van der Waals surface area contributed by atoms with Gasteiger partial charge in [0.05, 0.1) is 5.56 Å². The monoisotopic (exact) mass is 279 g/mol. The molecule has 0 aliphatic heterocycles. The van der Waals surface area contributed by atoms with E-state index in [0.717, 1.165) is 9.79 Å². The number of nitrogens with two attached hydrogens (primary N) is 1. The predicted molar refractivity (Wildman–Crippen MR) is 73.4 cm³/mol. The quantitative estimate of drug-likeness (QED) is 0.840. The Morgan fingerprint density at radius 1 is 1.17 bits per heavy atom. The number of aromatic carboxylic acids is 1. The van der Waals surface area contributed by atoms with Gasteiger partial charge in [-0.2, -0.15) is 0 Å². The average molecular weight is 280 g/mol. The van der Waals surface area contributed by atoms with Gasteiger partial charge in [0.1, 0.15) is 0 Å². The summed E-state index contributed by atoms with van der Waals surface area (Å²) in [7, 11) is 0. The largest absolute Gasteiger partial charge is 0.478 e. The van der Waals surface area contributed by atoms with Crippen molar-refractivity contribution in [1.29, 1.82) is 0 Å². The van der Waals surface area contributed by atoms with E-state index in [1.54, 1.807) is 24.3 Å². The van der Waals surface area contributed by atoms with Crippen molar-refractivity contribution in [2.45, 2.75) is 9.79 Å². The molecule has 2 aromatic carbocycles. The van der Waals surface area contributed by atoms with Crippen LogP contribution in [0, 0.1) is 0 Å². The van der Waals surface area contributed by atoms with Crippen LogP contribution < -0.4 is 5.73 Å². The smallest absolute Gasteiger partial charge is 0.335 e. The molecule has 0 saturated carbocycles. The molecule has 0 atom stereocenters. The van der Waals surface area contributed by atoms with Gasteiger partial charge >= 0.3 is 5.97 Å². The number of rotatable bonds is 3. The first kappa shape index (κ1) is 12.8. The highest BCUT2D eigenvalue weighted by molar-refractivity contribution is 7.99. The van der Waals surface area contributed by atoms with Gasteiger partial charge in [0.15, 0.2) is 0 Å². The van der Waals surface area contributed by atoms with E-state index >= 15 is 0 Å². The third-order valence-electron chi connectivity index (χ3n) is 2.30. The third-order valence-corrected chi connectivity index (χ3v) is 3.64. The van der Waals surface area contributed by atoms with E-state index in [9.17, 15) is 4.79 Å². The van der Waals surface area contributed by atoms with E-state index in [2.05, 4.69) is 0 Å². The highest BCUT2D eigenvalue weighted by atomic mass is 35.5. The first-order chi connectivity index (χ1) is 8.56. The fourth-order valence-corrected chi connectivity index (χ4v) is 2.41. The van der Waals surface area contributed by atoms with Crippen molar-refractivity contribution in [1.82, 2.24) is 0 Å². The molecule has 18 heavy (non-hydrogen) atoms. The van der Waals surface area contributed by atoms with E-state index in [1.165, 1.54) is 17.8 Å². The van der Waals surface area contributed by atoms with Crippen LogP contribution in [0.25, 0.3) is 0 Å². The van der Waals surface area contributed by atoms with Crippen molar-refractivity contribution in [3.05, 3.63) is 53.1 Å². The normalized spacial score (nSPS) is 10.3. The molecule has 0 heterocycles. The summed E-state index contributed by atoms with van der Waals surface area (Å²) in [6.07, 6.45) is 0. The molecular weight excluding hydrogens is 270 g/mol. The zero-order valence-corrected chi connectivity index (χ0v) is 10.8. The van der Waals surface area contributed by atoms with E-state index in [-0.39, 0.29) is 5.56 Å². The minimum Gasteiger partial charge on any atom is -0.478 e. The molecule has 0 spiro atoms. The maximum absolute atomic E-state index is 10.9. The SMILES string of the molecule is Nc1ccc(C(=O)O)cc1Sc1ccc(Cl)cc1. The number of benzene rings is 2. The summed E-state index contributed by atoms with van der Waals surface area (Å²) in [5, 5.41) is 9.59. The molecular formula is C13H10ClNO2S. The van der Waals surface area contributed by atoms with Gasteiger partial charge in [-0.05, 0) is 42.5 Å². The third kappa shape index (κ3) is 2.97. The van der Waals surface area contributed by atoms with Crippen LogP contribution in [0.15, 0.2) is 52.3 Å². The summed E-state index contributed by atoms with van der Waals surface area (Å²) in [5.41, 5.74) is 6.61. The molecule has 0 fully saturated rings. The summed E-state index contributed by atoms with van der Waals surface area (Å²) >= 11 is 7.21. The summed E-state index contributed by atoms with van der Waals surface area (Å²) < 4.78 is 0. The lowest BCUT2D eigenvalue weighted by molar-refractivity contribution is 0.0696. The minimum atomic E-state index is -0.965. The molecule has 0 aromatic heterocycles. The Kier molecular flexibility index (Phi) is 3.79. The van der Waals surface area contributed by atoms with Gasteiger partial charge in [-0.15, -0.1) is 0 Å². The van der Waals surface area contributed by atoms with Gasteiger partial charge in [0.2, 0.25) is 0 Å². The zero-order valence-electron chi connectivity index (χ0n) is 9.26. The summed E-state index contributed by atoms with van der Waals surface area (Å²) in [4.78, 5) is 12.6. The van der Waals surface area contributed by atoms with Crippen molar-refractivity contribution in [3.63, 3.8) is 0 Å². The second-order valence-electron chi connectivity index (χ2n) is 3.61. The van der Waals surface area contributed by atoms with Crippen LogP contribution in [0.2, 0.25) is 5.02 Å². The number of hydrogen-bond donors (Lipinski definition) is 2. The number of carboxylic acid groups (broad SMARTS) is 1. The van der Waals surface area contributed by atoms with Crippen LogP contribution in [0.1, 0.15) is 10.4 Å². The molecule has 2 rings (SSSR count). The Balaban J connectivity index is 2.30. The lowest BCUT2D eigenvalue weighted by Gasteiger charge is -2.06. The van der Waals surface area contributed by atoms with E-state index < -0.39 is 5.97 Å². The van der Waals surface area contributed by atoms with E-state index in [0.29, 0.717) is 10.7 Å². The van der Waals surface area contributed by atoms with Gasteiger partial charge in [-0.25, -0.2) is 4.79 Å². The molecule has 3 N–H and O–H groups in total. The van der Waals surface area contributed by atoms with Crippen molar-refractivity contribution >= 4 is 35.0 Å². The molecule has 0 amide bonds. The highest BCUT2D eigenvalue weighted by Gasteiger charge is 2.08. The molecule has 0 radical (unpaired) electrons.